The number of amides is 1. The van der Waals surface area contributed by atoms with Crippen LogP contribution in [0.15, 0.2) is 72.6 Å². The van der Waals surface area contributed by atoms with Crippen LogP contribution in [0.3, 0.4) is 0 Å². The second kappa shape index (κ2) is 8.72. The van der Waals surface area contributed by atoms with Gasteiger partial charge in [0.2, 0.25) is 5.91 Å². The van der Waals surface area contributed by atoms with Gasteiger partial charge in [-0.15, -0.1) is 0 Å². The maximum absolute atomic E-state index is 12.3. The lowest BCUT2D eigenvalue weighted by atomic mass is 9.81. The van der Waals surface area contributed by atoms with Crippen LogP contribution in [0, 0.1) is 0 Å². The van der Waals surface area contributed by atoms with Gasteiger partial charge in [0.1, 0.15) is 11.6 Å². The van der Waals surface area contributed by atoms with Gasteiger partial charge in [-0.25, -0.2) is 9.97 Å². The van der Waals surface area contributed by atoms with Crippen molar-refractivity contribution in [3.05, 3.63) is 78.4 Å². The molecule has 34 heavy (non-hydrogen) atoms. The fourth-order valence-corrected chi connectivity index (χ4v) is 4.19. The van der Waals surface area contributed by atoms with Crippen molar-refractivity contribution in [3.63, 3.8) is 0 Å². The van der Waals surface area contributed by atoms with Gasteiger partial charge >= 0.3 is 0 Å². The Hall–Kier alpha value is -4.04. The smallest absolute Gasteiger partial charge is 0.238 e. The average Bonchev–Trinajstić information content (AvgIpc) is 3.26. The highest BCUT2D eigenvalue weighted by Crippen LogP contribution is 2.34. The van der Waals surface area contributed by atoms with Crippen molar-refractivity contribution in [1.82, 2.24) is 30.4 Å². The second-order valence-corrected chi connectivity index (χ2v) is 9.12. The van der Waals surface area contributed by atoms with E-state index >= 15 is 0 Å². The SMILES string of the molecule is CN(C)CC(=O)NC1=CC(C)(c2nc(Nc3ccc4[nH]ncc4c3)c3ccccc3n2)CC=C1. The van der Waals surface area contributed by atoms with Gasteiger partial charge in [0.25, 0.3) is 0 Å². The number of nitrogens with one attached hydrogen (secondary N) is 3. The molecular weight excluding hydrogens is 426 g/mol. The number of likely N-dealkylation sites (N-methyl/N-ethyl adjacent to an activating group) is 1. The third kappa shape index (κ3) is 4.40. The zero-order valence-electron chi connectivity index (χ0n) is 19.5. The lowest BCUT2D eigenvalue weighted by Gasteiger charge is -2.28. The molecule has 1 unspecified atom stereocenters. The quantitative estimate of drug-likeness (QED) is 0.408. The number of carbonyl (C=O) groups excluding carboxylic acids is 1. The third-order valence-electron chi connectivity index (χ3n) is 5.87. The van der Waals surface area contributed by atoms with E-state index in [-0.39, 0.29) is 5.91 Å². The summed E-state index contributed by atoms with van der Waals surface area (Å²) in [6, 6.07) is 14.0. The van der Waals surface area contributed by atoms with Crippen molar-refractivity contribution in [2.45, 2.75) is 18.8 Å². The summed E-state index contributed by atoms with van der Waals surface area (Å²) < 4.78 is 0. The fraction of sp³-hybridized carbons (Fsp3) is 0.231. The van der Waals surface area contributed by atoms with Gasteiger partial charge in [-0.3, -0.25) is 9.89 Å². The number of anilines is 2. The molecule has 0 fully saturated rings. The number of carbonyl (C=O) groups is 1. The summed E-state index contributed by atoms with van der Waals surface area (Å²) in [7, 11) is 3.74. The summed E-state index contributed by atoms with van der Waals surface area (Å²) in [6.07, 6.45) is 8.58. The Balaban J connectivity index is 1.52. The minimum Gasteiger partial charge on any atom is -0.340 e. The molecule has 0 bridgehead atoms. The highest BCUT2D eigenvalue weighted by molar-refractivity contribution is 5.92. The van der Waals surface area contributed by atoms with Gasteiger partial charge in [-0.1, -0.05) is 18.2 Å². The Morgan fingerprint density at radius 1 is 1.18 bits per heavy atom. The van der Waals surface area contributed by atoms with Gasteiger partial charge in [-0.2, -0.15) is 5.10 Å². The largest absolute Gasteiger partial charge is 0.340 e. The molecule has 8 nitrogen and oxygen atoms in total. The molecule has 1 amide bonds. The molecule has 1 aliphatic carbocycles. The zero-order valence-corrected chi connectivity index (χ0v) is 19.5. The van der Waals surface area contributed by atoms with Crippen LogP contribution in [0.25, 0.3) is 21.8 Å². The highest BCUT2D eigenvalue weighted by Gasteiger charge is 2.30. The van der Waals surface area contributed by atoms with Gasteiger partial charge in [0.15, 0.2) is 0 Å². The van der Waals surface area contributed by atoms with Crippen LogP contribution in [0.2, 0.25) is 0 Å². The Morgan fingerprint density at radius 2 is 2.03 bits per heavy atom. The average molecular weight is 454 g/mol. The minimum absolute atomic E-state index is 0.0541. The minimum atomic E-state index is -0.468. The number of H-pyrrole nitrogens is 1. The van der Waals surface area contributed by atoms with Gasteiger partial charge in [0.05, 0.1) is 29.2 Å². The molecule has 4 aromatic rings. The lowest BCUT2D eigenvalue weighted by Crippen LogP contribution is -2.34. The first kappa shape index (κ1) is 21.8. The first-order valence-corrected chi connectivity index (χ1v) is 11.2. The molecule has 2 aromatic heterocycles. The maximum Gasteiger partial charge on any atom is 0.238 e. The van der Waals surface area contributed by atoms with Crippen molar-refractivity contribution >= 4 is 39.2 Å². The van der Waals surface area contributed by atoms with E-state index in [1.54, 1.807) is 6.20 Å². The van der Waals surface area contributed by atoms with Crippen LogP contribution in [-0.2, 0) is 10.2 Å². The number of aromatic nitrogens is 4. The molecule has 1 atom stereocenters. The number of fused-ring (bicyclic) bond motifs is 2. The third-order valence-corrected chi connectivity index (χ3v) is 5.87. The molecule has 0 radical (unpaired) electrons. The Morgan fingerprint density at radius 3 is 2.88 bits per heavy atom. The lowest BCUT2D eigenvalue weighted by molar-refractivity contribution is -0.120. The van der Waals surface area contributed by atoms with E-state index in [0.29, 0.717) is 12.4 Å². The molecule has 2 heterocycles. The van der Waals surface area contributed by atoms with E-state index in [4.69, 9.17) is 9.97 Å². The van der Waals surface area contributed by atoms with Crippen LogP contribution in [0.1, 0.15) is 19.2 Å². The standard InChI is InChI=1S/C26H27N7O/c1-26(12-6-7-19(14-26)28-23(34)16-33(2)3)25-30-22-9-5-4-8-20(22)24(31-25)29-18-10-11-21-17(13-18)15-27-32-21/h4-11,13-15H,12,16H2,1-3H3,(H,27,32)(H,28,34)(H,29,30,31). The molecule has 0 saturated carbocycles. The number of aromatic amines is 1. The Kier molecular flexibility index (Phi) is 5.59. The molecule has 5 rings (SSSR count). The molecule has 3 N–H and O–H groups in total. The van der Waals surface area contributed by atoms with E-state index < -0.39 is 5.41 Å². The number of nitrogens with zero attached hydrogens (tertiary/aromatic N) is 4. The Bertz CT molecular complexity index is 1440. The van der Waals surface area contributed by atoms with Gasteiger partial charge < -0.3 is 15.5 Å². The van der Waals surface area contributed by atoms with Gasteiger partial charge in [0, 0.05) is 22.2 Å². The summed E-state index contributed by atoms with van der Waals surface area (Å²) >= 11 is 0. The first-order chi connectivity index (χ1) is 16.4. The van der Waals surface area contributed by atoms with Crippen LogP contribution in [-0.4, -0.2) is 51.6 Å². The van der Waals surface area contributed by atoms with E-state index in [1.165, 1.54) is 0 Å². The van der Waals surface area contributed by atoms with Crippen molar-refractivity contribution in [2.75, 3.05) is 26.0 Å². The zero-order chi connectivity index (χ0) is 23.7. The molecule has 8 heteroatoms. The van der Waals surface area contributed by atoms with Crippen LogP contribution in [0.4, 0.5) is 11.5 Å². The van der Waals surface area contributed by atoms with Crippen molar-refractivity contribution in [3.8, 4) is 0 Å². The van der Waals surface area contributed by atoms with E-state index in [1.807, 2.05) is 73.6 Å². The van der Waals surface area contributed by atoms with E-state index in [0.717, 1.165) is 45.4 Å². The fourth-order valence-electron chi connectivity index (χ4n) is 4.19. The number of para-hydroxylation sites is 1. The summed E-state index contributed by atoms with van der Waals surface area (Å²) in [6.45, 7) is 2.42. The summed E-state index contributed by atoms with van der Waals surface area (Å²) in [5, 5.41) is 15.5. The second-order valence-electron chi connectivity index (χ2n) is 9.12. The topological polar surface area (TPSA) is 98.8 Å². The maximum atomic E-state index is 12.3. The predicted molar refractivity (Wildman–Crippen MR) is 135 cm³/mol. The van der Waals surface area contributed by atoms with Crippen molar-refractivity contribution in [1.29, 1.82) is 0 Å². The normalized spacial score (nSPS) is 17.8. The summed E-state index contributed by atoms with van der Waals surface area (Å²) in [5.41, 5.74) is 3.06. The molecule has 0 aliphatic heterocycles. The molecule has 2 aromatic carbocycles. The Labute approximate surface area is 197 Å². The summed E-state index contributed by atoms with van der Waals surface area (Å²) in [4.78, 5) is 24.0. The van der Waals surface area contributed by atoms with Crippen LogP contribution < -0.4 is 10.6 Å². The number of hydrogen-bond donors (Lipinski definition) is 3. The molecule has 0 spiro atoms. The number of allylic oxidation sites excluding steroid dienone is 3. The summed E-state index contributed by atoms with van der Waals surface area (Å²) in [5.74, 6) is 1.38. The first-order valence-electron chi connectivity index (χ1n) is 11.2. The molecule has 172 valence electrons. The predicted octanol–water partition coefficient (Wildman–Crippen LogP) is 4.03. The van der Waals surface area contributed by atoms with Crippen LogP contribution in [0.5, 0.6) is 0 Å². The molecule has 0 saturated heterocycles. The van der Waals surface area contributed by atoms with Crippen molar-refractivity contribution < 1.29 is 4.79 Å². The van der Waals surface area contributed by atoms with E-state index in [9.17, 15) is 4.79 Å². The number of benzene rings is 2. The highest BCUT2D eigenvalue weighted by atomic mass is 16.2. The van der Waals surface area contributed by atoms with E-state index in [2.05, 4.69) is 33.8 Å². The van der Waals surface area contributed by atoms with Crippen molar-refractivity contribution in [2.24, 2.45) is 0 Å². The number of hydrogen-bond acceptors (Lipinski definition) is 6. The molecule has 1 aliphatic rings. The molecular formula is C26H27N7O. The van der Waals surface area contributed by atoms with Crippen LogP contribution >= 0.6 is 0 Å². The monoisotopic (exact) mass is 453 g/mol. The van der Waals surface area contributed by atoms with Gasteiger partial charge in [-0.05, 0) is 69.9 Å². The number of rotatable bonds is 6.